The van der Waals surface area contributed by atoms with Crippen LogP contribution in [0.4, 0.5) is 0 Å². The molecule has 0 aromatic carbocycles. The summed E-state index contributed by atoms with van der Waals surface area (Å²) in [6, 6.07) is 3.67. The highest BCUT2D eigenvalue weighted by Gasteiger charge is 2.92. The van der Waals surface area contributed by atoms with Crippen LogP contribution in [0.1, 0.15) is 4.88 Å². The largest absolute Gasteiger partial charge is 0.481 e. The topological polar surface area (TPSA) is 74.6 Å². The van der Waals surface area contributed by atoms with Gasteiger partial charge in [-0.1, -0.05) is 6.07 Å². The molecule has 2 N–H and O–H groups in total. The second kappa shape index (κ2) is 2.41. The third-order valence-corrected chi connectivity index (χ3v) is 4.60. The van der Waals surface area contributed by atoms with E-state index in [0.717, 1.165) is 4.88 Å². The van der Waals surface area contributed by atoms with Crippen LogP contribution in [0.5, 0.6) is 0 Å². The number of rotatable bonds is 3. The zero-order chi connectivity index (χ0) is 10.8. The highest BCUT2D eigenvalue weighted by Crippen LogP contribution is 2.84. The molecule has 1 aromatic rings. The summed E-state index contributed by atoms with van der Waals surface area (Å²) in [6.45, 7) is 0. The smallest absolute Gasteiger partial charge is 0.307 e. The quantitative estimate of drug-likeness (QED) is 0.804. The molecule has 78 valence electrons. The molecule has 2 fully saturated rings. The molecule has 0 radical (unpaired) electrons. The Kier molecular flexibility index (Phi) is 1.43. The van der Waals surface area contributed by atoms with Crippen LogP contribution in [0, 0.1) is 17.8 Å². The first-order chi connectivity index (χ1) is 7.11. The van der Waals surface area contributed by atoms with Crippen molar-refractivity contribution in [2.45, 2.75) is 5.41 Å². The Bertz CT molecular complexity index is 428. The van der Waals surface area contributed by atoms with Crippen molar-refractivity contribution in [2.75, 3.05) is 0 Å². The maximum Gasteiger partial charge on any atom is 0.307 e. The van der Waals surface area contributed by atoms with Crippen LogP contribution in [0.3, 0.4) is 0 Å². The third-order valence-electron chi connectivity index (χ3n) is 3.56. The summed E-state index contributed by atoms with van der Waals surface area (Å²) >= 11 is 1.45. The lowest BCUT2D eigenvalue weighted by molar-refractivity contribution is -0.144. The molecule has 2 aliphatic rings. The summed E-state index contributed by atoms with van der Waals surface area (Å²) in [5, 5.41) is 19.7. The molecule has 2 atom stereocenters. The molecular formula is C10H8O4S. The monoisotopic (exact) mass is 224 g/mol. The van der Waals surface area contributed by atoms with Gasteiger partial charge in [-0.2, -0.15) is 0 Å². The summed E-state index contributed by atoms with van der Waals surface area (Å²) in [6.07, 6.45) is 0. The van der Waals surface area contributed by atoms with E-state index < -0.39 is 29.2 Å². The first kappa shape index (κ1) is 8.91. The molecule has 3 rings (SSSR count). The predicted octanol–water partition coefficient (Wildman–Crippen LogP) is 1.03. The Morgan fingerprint density at radius 3 is 2.27 bits per heavy atom. The van der Waals surface area contributed by atoms with Crippen LogP contribution in [0.2, 0.25) is 0 Å². The van der Waals surface area contributed by atoms with Crippen molar-refractivity contribution in [1.82, 2.24) is 0 Å². The second-order valence-electron chi connectivity index (χ2n) is 4.07. The fourth-order valence-corrected chi connectivity index (χ4v) is 3.90. The SMILES string of the molecule is O=C(O)[C@@H]1C2[C@@H](C(=O)O)C21c1cccs1. The lowest BCUT2D eigenvalue weighted by atomic mass is 9.95. The zero-order valence-corrected chi connectivity index (χ0v) is 8.40. The van der Waals surface area contributed by atoms with Crippen molar-refractivity contribution in [1.29, 1.82) is 0 Å². The van der Waals surface area contributed by atoms with E-state index in [1.165, 1.54) is 11.3 Å². The Balaban J connectivity index is 1.97. The van der Waals surface area contributed by atoms with Crippen molar-refractivity contribution in [3.05, 3.63) is 22.4 Å². The summed E-state index contributed by atoms with van der Waals surface area (Å²) < 4.78 is 0. The van der Waals surface area contributed by atoms with E-state index in [-0.39, 0.29) is 5.92 Å². The lowest BCUT2D eigenvalue weighted by Gasteiger charge is -2.11. The molecule has 0 unspecified atom stereocenters. The van der Waals surface area contributed by atoms with E-state index in [0.29, 0.717) is 0 Å². The molecule has 0 amide bonds. The van der Waals surface area contributed by atoms with Crippen LogP contribution in [-0.2, 0) is 15.0 Å². The number of carboxylic acids is 2. The maximum absolute atomic E-state index is 10.9. The minimum atomic E-state index is -0.870. The van der Waals surface area contributed by atoms with Gasteiger partial charge in [0.05, 0.1) is 11.8 Å². The number of hydrogen-bond acceptors (Lipinski definition) is 3. The van der Waals surface area contributed by atoms with Gasteiger partial charge in [-0.05, 0) is 17.4 Å². The number of fused-ring (bicyclic) bond motifs is 1. The Morgan fingerprint density at radius 1 is 1.27 bits per heavy atom. The van der Waals surface area contributed by atoms with E-state index in [1.807, 2.05) is 17.5 Å². The van der Waals surface area contributed by atoms with Gasteiger partial charge in [0.2, 0.25) is 0 Å². The summed E-state index contributed by atoms with van der Waals surface area (Å²) in [7, 11) is 0. The van der Waals surface area contributed by atoms with Crippen molar-refractivity contribution in [3.8, 4) is 0 Å². The summed E-state index contributed by atoms with van der Waals surface area (Å²) in [5.74, 6) is -2.86. The fourth-order valence-electron chi connectivity index (χ4n) is 2.85. The highest BCUT2D eigenvalue weighted by molar-refractivity contribution is 7.10. The van der Waals surface area contributed by atoms with Gasteiger partial charge in [0.1, 0.15) is 0 Å². The first-order valence-electron chi connectivity index (χ1n) is 4.61. The maximum atomic E-state index is 10.9. The van der Waals surface area contributed by atoms with Crippen molar-refractivity contribution < 1.29 is 19.8 Å². The second-order valence-corrected chi connectivity index (χ2v) is 5.02. The van der Waals surface area contributed by atoms with Crippen LogP contribution in [-0.4, -0.2) is 22.2 Å². The summed E-state index contributed by atoms with van der Waals surface area (Å²) in [4.78, 5) is 22.7. The zero-order valence-electron chi connectivity index (χ0n) is 7.58. The minimum Gasteiger partial charge on any atom is -0.481 e. The molecule has 2 saturated carbocycles. The average molecular weight is 224 g/mol. The van der Waals surface area contributed by atoms with Gasteiger partial charge in [-0.3, -0.25) is 9.59 Å². The number of carboxylic acid groups (broad SMARTS) is 2. The Hall–Kier alpha value is -1.36. The van der Waals surface area contributed by atoms with Crippen molar-refractivity contribution >= 4 is 23.3 Å². The van der Waals surface area contributed by atoms with Crippen molar-refractivity contribution in [3.63, 3.8) is 0 Å². The Labute approximate surface area is 89.2 Å². The minimum absolute atomic E-state index is 0.175. The van der Waals surface area contributed by atoms with Crippen LogP contribution in [0.25, 0.3) is 0 Å². The third kappa shape index (κ3) is 0.825. The van der Waals surface area contributed by atoms with E-state index in [4.69, 9.17) is 10.2 Å². The predicted molar refractivity (Wildman–Crippen MR) is 51.7 cm³/mol. The van der Waals surface area contributed by atoms with Gasteiger partial charge < -0.3 is 10.2 Å². The van der Waals surface area contributed by atoms with Gasteiger partial charge >= 0.3 is 11.9 Å². The van der Waals surface area contributed by atoms with E-state index >= 15 is 0 Å². The average Bonchev–Trinajstić information content (AvgIpc) is 2.87. The van der Waals surface area contributed by atoms with Crippen molar-refractivity contribution in [2.24, 2.45) is 17.8 Å². The molecule has 1 heterocycles. The standard InChI is InChI=1S/C10H8O4S/c11-8(12)6-5-7(9(13)14)10(5,6)4-2-1-3-15-4/h1-3,5-7H,(H,11,12)(H,13,14)/t5?,6-,7-,10?/m0/s1. The highest BCUT2D eigenvalue weighted by atomic mass is 32.1. The van der Waals surface area contributed by atoms with Gasteiger partial charge in [-0.25, -0.2) is 0 Å². The van der Waals surface area contributed by atoms with Gasteiger partial charge in [-0.15, -0.1) is 11.3 Å². The molecule has 1 aromatic heterocycles. The first-order valence-corrected chi connectivity index (χ1v) is 5.49. The lowest BCUT2D eigenvalue weighted by Crippen LogP contribution is -2.24. The van der Waals surface area contributed by atoms with Crippen LogP contribution < -0.4 is 0 Å². The van der Waals surface area contributed by atoms with Gasteiger partial charge in [0.25, 0.3) is 0 Å². The molecule has 0 saturated heterocycles. The van der Waals surface area contributed by atoms with Crippen LogP contribution >= 0.6 is 11.3 Å². The van der Waals surface area contributed by atoms with E-state index in [2.05, 4.69) is 0 Å². The molecule has 15 heavy (non-hydrogen) atoms. The molecular weight excluding hydrogens is 216 g/mol. The number of aliphatic carboxylic acids is 2. The molecule has 0 bridgehead atoms. The van der Waals surface area contributed by atoms with E-state index in [1.54, 1.807) is 0 Å². The summed E-state index contributed by atoms with van der Waals surface area (Å²) in [5.41, 5.74) is -0.564. The molecule has 2 aliphatic carbocycles. The molecule has 0 aliphatic heterocycles. The number of carbonyl (C=O) groups is 2. The van der Waals surface area contributed by atoms with E-state index in [9.17, 15) is 9.59 Å². The van der Waals surface area contributed by atoms with Crippen LogP contribution in [0.15, 0.2) is 17.5 Å². The fraction of sp³-hybridized carbons (Fsp3) is 0.400. The molecule has 4 nitrogen and oxygen atoms in total. The Morgan fingerprint density at radius 2 is 1.87 bits per heavy atom. The molecule has 5 heteroatoms. The van der Waals surface area contributed by atoms with Gasteiger partial charge in [0.15, 0.2) is 0 Å². The normalized spacial score (nSPS) is 40.7. The molecule has 0 spiro atoms. The number of thiophene rings is 1. The number of hydrogen-bond donors (Lipinski definition) is 2. The van der Waals surface area contributed by atoms with Gasteiger partial charge in [0, 0.05) is 10.3 Å².